The second-order valence-corrected chi connectivity index (χ2v) is 14.9. The molecular weight excluding hydrogens is 685 g/mol. The molecule has 0 aliphatic carbocycles. The van der Waals surface area contributed by atoms with Crippen LogP contribution >= 0.6 is 0 Å². The van der Waals surface area contributed by atoms with Crippen molar-refractivity contribution in [1.29, 1.82) is 0 Å². The van der Waals surface area contributed by atoms with E-state index in [1.807, 2.05) is 0 Å². The lowest BCUT2D eigenvalue weighted by molar-refractivity contribution is -0.167. The summed E-state index contributed by atoms with van der Waals surface area (Å²) in [7, 11) is 0. The maximum Gasteiger partial charge on any atom is 0.306 e. The van der Waals surface area contributed by atoms with Gasteiger partial charge in [0.15, 0.2) is 6.10 Å². The molecule has 1 unspecified atom stereocenters. The molecule has 6 nitrogen and oxygen atoms in total. The molecule has 0 radical (unpaired) electrons. The summed E-state index contributed by atoms with van der Waals surface area (Å²) in [4.78, 5) is 37.7. The molecule has 0 aliphatic rings. The van der Waals surface area contributed by atoms with Gasteiger partial charge in [0.25, 0.3) is 0 Å². The van der Waals surface area contributed by atoms with Crippen molar-refractivity contribution in [2.45, 2.75) is 219 Å². The van der Waals surface area contributed by atoms with Crippen LogP contribution in [0, 0.1) is 0 Å². The van der Waals surface area contributed by atoms with E-state index < -0.39 is 6.10 Å². The number of rotatable bonds is 40. The molecule has 316 valence electrons. The first-order valence-corrected chi connectivity index (χ1v) is 22.8. The van der Waals surface area contributed by atoms with E-state index in [-0.39, 0.29) is 37.5 Å². The van der Waals surface area contributed by atoms with Crippen LogP contribution in [0.3, 0.4) is 0 Å². The smallest absolute Gasteiger partial charge is 0.306 e. The second-order valence-electron chi connectivity index (χ2n) is 14.9. The predicted octanol–water partition coefficient (Wildman–Crippen LogP) is 14.5. The lowest BCUT2D eigenvalue weighted by Gasteiger charge is -2.18. The van der Waals surface area contributed by atoms with E-state index in [1.165, 1.54) is 89.9 Å². The SMILES string of the molecule is CC/C=C\C/C=C\C/C=C\CCCC(=O)OC(COC(=O)CCCCCCC/C=C\CCCC)COC(=O)CCCCCCCCC/C=C\CCCCCC. The highest BCUT2D eigenvalue weighted by Crippen LogP contribution is 2.13. The number of esters is 3. The normalized spacial score (nSPS) is 12.6. The van der Waals surface area contributed by atoms with E-state index in [9.17, 15) is 14.4 Å². The highest BCUT2D eigenvalue weighted by atomic mass is 16.6. The lowest BCUT2D eigenvalue weighted by Crippen LogP contribution is -2.30. The van der Waals surface area contributed by atoms with E-state index in [1.54, 1.807) is 0 Å². The van der Waals surface area contributed by atoms with Gasteiger partial charge in [0.2, 0.25) is 0 Å². The fraction of sp³-hybridized carbons (Fsp3) is 0.735. The molecule has 0 aromatic heterocycles. The predicted molar refractivity (Wildman–Crippen MR) is 233 cm³/mol. The van der Waals surface area contributed by atoms with Gasteiger partial charge < -0.3 is 14.2 Å². The van der Waals surface area contributed by atoms with Gasteiger partial charge in [0, 0.05) is 19.3 Å². The van der Waals surface area contributed by atoms with Crippen molar-refractivity contribution in [2.24, 2.45) is 0 Å². The van der Waals surface area contributed by atoms with Crippen LogP contribution in [0.4, 0.5) is 0 Å². The largest absolute Gasteiger partial charge is 0.462 e. The van der Waals surface area contributed by atoms with Gasteiger partial charge in [0.05, 0.1) is 0 Å². The minimum absolute atomic E-state index is 0.0996. The summed E-state index contributed by atoms with van der Waals surface area (Å²) in [5, 5.41) is 0. The number of allylic oxidation sites excluding steroid dienone is 10. The van der Waals surface area contributed by atoms with Crippen LogP contribution in [0.2, 0.25) is 0 Å². The van der Waals surface area contributed by atoms with Gasteiger partial charge in [-0.3, -0.25) is 14.4 Å². The van der Waals surface area contributed by atoms with Crippen molar-refractivity contribution in [3.63, 3.8) is 0 Å². The Labute approximate surface area is 339 Å². The number of carbonyl (C=O) groups is 3. The molecule has 6 heteroatoms. The number of hydrogen-bond acceptors (Lipinski definition) is 6. The van der Waals surface area contributed by atoms with E-state index in [0.717, 1.165) is 77.0 Å². The summed E-state index contributed by atoms with van der Waals surface area (Å²) in [6.45, 7) is 6.39. The number of ether oxygens (including phenoxy) is 3. The molecule has 1 atom stereocenters. The molecule has 55 heavy (non-hydrogen) atoms. The highest BCUT2D eigenvalue weighted by molar-refractivity contribution is 5.71. The van der Waals surface area contributed by atoms with Crippen LogP contribution in [-0.2, 0) is 28.6 Å². The minimum Gasteiger partial charge on any atom is -0.462 e. The van der Waals surface area contributed by atoms with E-state index in [4.69, 9.17) is 14.2 Å². The third-order valence-electron chi connectivity index (χ3n) is 9.48. The Hall–Kier alpha value is -2.89. The lowest BCUT2D eigenvalue weighted by atomic mass is 10.1. The summed E-state index contributed by atoms with van der Waals surface area (Å²) in [5.74, 6) is -0.973. The maximum absolute atomic E-state index is 12.7. The molecule has 0 saturated heterocycles. The van der Waals surface area contributed by atoms with Crippen LogP contribution in [-0.4, -0.2) is 37.2 Å². The summed E-state index contributed by atoms with van der Waals surface area (Å²) >= 11 is 0. The molecule has 0 spiro atoms. The van der Waals surface area contributed by atoms with Crippen LogP contribution in [0.1, 0.15) is 213 Å². The van der Waals surface area contributed by atoms with Crippen LogP contribution in [0.5, 0.6) is 0 Å². The number of unbranched alkanes of at least 4 members (excludes halogenated alkanes) is 19. The van der Waals surface area contributed by atoms with Crippen molar-refractivity contribution in [3.05, 3.63) is 60.8 Å². The summed E-state index contributed by atoms with van der Waals surface area (Å²) in [6, 6.07) is 0. The van der Waals surface area contributed by atoms with Gasteiger partial charge in [-0.1, -0.05) is 165 Å². The van der Waals surface area contributed by atoms with Gasteiger partial charge in [-0.25, -0.2) is 0 Å². The van der Waals surface area contributed by atoms with Crippen LogP contribution in [0.25, 0.3) is 0 Å². The third kappa shape index (κ3) is 42.1. The Morgan fingerprint density at radius 2 is 0.745 bits per heavy atom. The Morgan fingerprint density at radius 1 is 0.382 bits per heavy atom. The van der Waals surface area contributed by atoms with Crippen LogP contribution < -0.4 is 0 Å². The average molecular weight is 769 g/mol. The first kappa shape index (κ1) is 52.1. The van der Waals surface area contributed by atoms with E-state index in [0.29, 0.717) is 19.3 Å². The molecular formula is C49H84O6. The van der Waals surface area contributed by atoms with Crippen molar-refractivity contribution >= 4 is 17.9 Å². The molecule has 0 aliphatic heterocycles. The quantitative estimate of drug-likeness (QED) is 0.0267. The molecule has 0 heterocycles. The van der Waals surface area contributed by atoms with Gasteiger partial charge in [-0.2, -0.15) is 0 Å². The van der Waals surface area contributed by atoms with E-state index in [2.05, 4.69) is 81.5 Å². The first-order chi connectivity index (χ1) is 27.0. The third-order valence-corrected chi connectivity index (χ3v) is 9.48. The summed E-state index contributed by atoms with van der Waals surface area (Å²) in [6.07, 6.45) is 52.1. The molecule has 0 fully saturated rings. The fourth-order valence-corrected chi connectivity index (χ4v) is 6.03. The molecule has 0 saturated carbocycles. The number of carbonyl (C=O) groups excluding carboxylic acids is 3. The number of hydrogen-bond donors (Lipinski definition) is 0. The van der Waals surface area contributed by atoms with Crippen LogP contribution in [0.15, 0.2) is 60.8 Å². The maximum atomic E-state index is 12.7. The van der Waals surface area contributed by atoms with Crippen molar-refractivity contribution in [1.82, 2.24) is 0 Å². The van der Waals surface area contributed by atoms with Gasteiger partial charge >= 0.3 is 17.9 Å². The minimum atomic E-state index is -0.802. The topological polar surface area (TPSA) is 78.9 Å². The highest BCUT2D eigenvalue weighted by Gasteiger charge is 2.19. The van der Waals surface area contributed by atoms with Crippen molar-refractivity contribution in [3.8, 4) is 0 Å². The second kappa shape index (κ2) is 43.8. The molecule has 0 aromatic rings. The van der Waals surface area contributed by atoms with Crippen molar-refractivity contribution < 1.29 is 28.6 Å². The zero-order valence-corrected chi connectivity index (χ0v) is 35.9. The molecule has 0 N–H and O–H groups in total. The molecule has 0 bridgehead atoms. The van der Waals surface area contributed by atoms with E-state index >= 15 is 0 Å². The monoisotopic (exact) mass is 769 g/mol. The molecule has 0 amide bonds. The Morgan fingerprint density at radius 3 is 1.24 bits per heavy atom. The zero-order valence-electron chi connectivity index (χ0n) is 35.9. The van der Waals surface area contributed by atoms with Gasteiger partial charge in [0.1, 0.15) is 13.2 Å². The average Bonchev–Trinajstić information content (AvgIpc) is 3.18. The Kier molecular flexibility index (Phi) is 41.5. The zero-order chi connectivity index (χ0) is 40.1. The summed E-state index contributed by atoms with van der Waals surface area (Å²) < 4.78 is 16.6. The van der Waals surface area contributed by atoms with Gasteiger partial charge in [-0.15, -0.1) is 0 Å². The Bertz CT molecular complexity index is 1020. The first-order valence-electron chi connectivity index (χ1n) is 22.8. The van der Waals surface area contributed by atoms with Gasteiger partial charge in [-0.05, 0) is 89.9 Å². The summed E-state index contributed by atoms with van der Waals surface area (Å²) in [5.41, 5.74) is 0. The Balaban J connectivity index is 4.43. The molecule has 0 rings (SSSR count). The standard InChI is InChI=1S/C49H84O6/c1-4-7-10-13-16-19-22-23-24-25-28-30-33-36-39-42-48(51)54-45-46(55-49(52)43-40-37-34-31-27-21-18-15-12-9-6-3)44-53-47(50)41-38-35-32-29-26-20-17-14-11-8-5-2/h9,12,14,17-19,21-22,31,34,46H,4-8,10-11,13,15-16,20,23-30,32-33,35-45H2,1-3H3/b12-9-,17-14-,21-18-,22-19-,34-31-. The van der Waals surface area contributed by atoms with Crippen molar-refractivity contribution in [2.75, 3.05) is 13.2 Å². The fourth-order valence-electron chi connectivity index (χ4n) is 6.03. The molecule has 0 aromatic carbocycles.